The fourth-order valence-electron chi connectivity index (χ4n) is 3.13. The second kappa shape index (κ2) is 4.59. The lowest BCUT2D eigenvalue weighted by Gasteiger charge is -2.21. The fourth-order valence-corrected chi connectivity index (χ4v) is 3.31. The third-order valence-corrected chi connectivity index (χ3v) is 4.56. The van der Waals surface area contributed by atoms with Crippen molar-refractivity contribution in [2.45, 2.75) is 13.8 Å². The Balaban J connectivity index is 2.03. The Labute approximate surface area is 128 Å². The van der Waals surface area contributed by atoms with E-state index in [-0.39, 0.29) is 35.6 Å². The Morgan fingerprint density at radius 3 is 2.48 bits per heavy atom. The second-order valence-corrected chi connectivity index (χ2v) is 6.39. The number of carbonyl (C=O) groups excluding carboxylic acids is 2. The van der Waals surface area contributed by atoms with Crippen molar-refractivity contribution in [3.05, 3.63) is 28.8 Å². The van der Waals surface area contributed by atoms with E-state index in [0.29, 0.717) is 16.3 Å². The molecule has 2 aliphatic rings. The average molecular weight is 303 g/mol. The number of carbonyl (C=O) groups is 2. The zero-order valence-corrected chi connectivity index (χ0v) is 12.6. The van der Waals surface area contributed by atoms with E-state index in [1.165, 1.54) is 4.90 Å². The van der Waals surface area contributed by atoms with Gasteiger partial charge in [0.25, 0.3) is 0 Å². The number of benzene rings is 1. The largest absolute Gasteiger partial charge is 0.320 e. The van der Waals surface area contributed by atoms with Crippen LogP contribution in [0.4, 0.5) is 5.69 Å². The minimum Gasteiger partial charge on any atom is -0.320 e. The molecular formula is C16H15ClN2O2. The first-order valence-corrected chi connectivity index (χ1v) is 7.13. The molecule has 2 unspecified atom stereocenters. The molecule has 0 spiro atoms. The Bertz CT molecular complexity index is 691. The standard InChI is InChI=1S/C16H15ClN2O2/c1-16(2)12-13(16)15(21)19(14(12)20)11-6-5-10(17)8-9(11)4-3-7-18/h5-6,8,12-13H,7,18H2,1-2H3. The molecule has 2 fully saturated rings. The summed E-state index contributed by atoms with van der Waals surface area (Å²) in [5, 5.41) is 0.504. The minimum absolute atomic E-state index is 0.145. The highest BCUT2D eigenvalue weighted by atomic mass is 35.5. The summed E-state index contributed by atoms with van der Waals surface area (Å²) in [7, 11) is 0. The molecule has 0 aromatic heterocycles. The van der Waals surface area contributed by atoms with E-state index in [0.717, 1.165) is 0 Å². The van der Waals surface area contributed by atoms with Crippen LogP contribution in [-0.2, 0) is 9.59 Å². The van der Waals surface area contributed by atoms with Crippen molar-refractivity contribution in [2.24, 2.45) is 23.0 Å². The normalized spacial score (nSPS) is 25.4. The molecular weight excluding hydrogens is 288 g/mol. The molecule has 2 amide bonds. The number of hydrogen-bond acceptors (Lipinski definition) is 3. The van der Waals surface area contributed by atoms with Crippen LogP contribution in [0.15, 0.2) is 18.2 Å². The van der Waals surface area contributed by atoms with Crippen molar-refractivity contribution < 1.29 is 9.59 Å². The summed E-state index contributed by atoms with van der Waals surface area (Å²) in [5.41, 5.74) is 6.21. The van der Waals surface area contributed by atoms with Crippen LogP contribution in [0.5, 0.6) is 0 Å². The maximum absolute atomic E-state index is 12.5. The van der Waals surface area contributed by atoms with Crippen LogP contribution in [0.25, 0.3) is 0 Å². The summed E-state index contributed by atoms with van der Waals surface area (Å²) in [6.07, 6.45) is 0. The quantitative estimate of drug-likeness (QED) is 0.635. The van der Waals surface area contributed by atoms with E-state index in [2.05, 4.69) is 11.8 Å². The van der Waals surface area contributed by atoms with Gasteiger partial charge in [-0.05, 0) is 23.6 Å². The molecule has 2 atom stereocenters. The van der Waals surface area contributed by atoms with Crippen LogP contribution < -0.4 is 10.6 Å². The highest BCUT2D eigenvalue weighted by Crippen LogP contribution is 2.63. The summed E-state index contributed by atoms with van der Waals surface area (Å²) in [6.45, 7) is 4.10. The van der Waals surface area contributed by atoms with Gasteiger partial charge in [0, 0.05) is 5.02 Å². The molecule has 2 N–H and O–H groups in total. The van der Waals surface area contributed by atoms with E-state index in [1.54, 1.807) is 18.2 Å². The summed E-state index contributed by atoms with van der Waals surface area (Å²) in [5.74, 6) is 4.90. The van der Waals surface area contributed by atoms with E-state index in [4.69, 9.17) is 17.3 Å². The van der Waals surface area contributed by atoms with Gasteiger partial charge in [0.2, 0.25) is 11.8 Å². The number of fused-ring (bicyclic) bond motifs is 1. The van der Waals surface area contributed by atoms with Crippen LogP contribution >= 0.6 is 11.6 Å². The van der Waals surface area contributed by atoms with Gasteiger partial charge < -0.3 is 5.73 Å². The SMILES string of the molecule is CC1(C)C2C(=O)N(c3ccc(Cl)cc3C#CCN)C(=O)C21. The molecule has 4 nitrogen and oxygen atoms in total. The third kappa shape index (κ3) is 1.97. The molecule has 0 radical (unpaired) electrons. The van der Waals surface area contributed by atoms with Gasteiger partial charge in [-0.15, -0.1) is 0 Å². The number of nitrogens with zero attached hydrogens (tertiary/aromatic N) is 1. The number of anilines is 1. The number of halogens is 1. The molecule has 1 aromatic carbocycles. The number of rotatable bonds is 1. The highest BCUT2D eigenvalue weighted by molar-refractivity contribution is 6.31. The maximum Gasteiger partial charge on any atom is 0.238 e. The van der Waals surface area contributed by atoms with Crippen molar-refractivity contribution in [1.29, 1.82) is 0 Å². The van der Waals surface area contributed by atoms with Gasteiger partial charge in [-0.1, -0.05) is 37.3 Å². The third-order valence-electron chi connectivity index (χ3n) is 4.32. The smallest absolute Gasteiger partial charge is 0.238 e. The lowest BCUT2D eigenvalue weighted by molar-refractivity contribution is -0.125. The minimum atomic E-state index is -0.222. The highest BCUT2D eigenvalue weighted by Gasteiger charge is 2.72. The number of hydrogen-bond donors (Lipinski definition) is 1. The van der Waals surface area contributed by atoms with E-state index >= 15 is 0 Å². The van der Waals surface area contributed by atoms with Gasteiger partial charge in [0.1, 0.15) is 0 Å². The van der Waals surface area contributed by atoms with Crippen molar-refractivity contribution in [1.82, 2.24) is 0 Å². The van der Waals surface area contributed by atoms with Crippen molar-refractivity contribution in [3.8, 4) is 11.8 Å². The molecule has 1 saturated carbocycles. The van der Waals surface area contributed by atoms with Crippen LogP contribution in [0.1, 0.15) is 19.4 Å². The Hall–Kier alpha value is -1.83. The first kappa shape index (κ1) is 14.1. The van der Waals surface area contributed by atoms with Crippen LogP contribution in [-0.4, -0.2) is 18.4 Å². The average Bonchev–Trinajstić information content (AvgIpc) is 2.88. The van der Waals surface area contributed by atoms with Gasteiger partial charge in [0.05, 0.1) is 29.6 Å². The zero-order valence-electron chi connectivity index (χ0n) is 11.8. The van der Waals surface area contributed by atoms with Gasteiger partial charge in [-0.3, -0.25) is 9.59 Å². The molecule has 1 heterocycles. The molecule has 1 saturated heterocycles. The zero-order chi connectivity index (χ0) is 15.4. The summed E-state index contributed by atoms with van der Waals surface area (Å²) in [4.78, 5) is 26.2. The monoisotopic (exact) mass is 302 g/mol. The van der Waals surface area contributed by atoms with Crippen molar-refractivity contribution in [3.63, 3.8) is 0 Å². The molecule has 0 bridgehead atoms. The molecule has 1 aliphatic heterocycles. The lowest BCUT2D eigenvalue weighted by Crippen LogP contribution is -2.36. The molecule has 21 heavy (non-hydrogen) atoms. The predicted molar refractivity (Wildman–Crippen MR) is 80.6 cm³/mol. The van der Waals surface area contributed by atoms with Gasteiger partial charge in [0.15, 0.2) is 0 Å². The number of amides is 2. The first-order chi connectivity index (χ1) is 9.89. The van der Waals surface area contributed by atoms with Crippen molar-refractivity contribution in [2.75, 3.05) is 11.4 Å². The molecule has 108 valence electrons. The number of nitrogens with two attached hydrogens (primary N) is 1. The van der Waals surface area contributed by atoms with Gasteiger partial charge in [-0.25, -0.2) is 4.90 Å². The van der Waals surface area contributed by atoms with Gasteiger partial charge in [-0.2, -0.15) is 0 Å². The second-order valence-electron chi connectivity index (χ2n) is 5.96. The van der Waals surface area contributed by atoms with Crippen LogP contribution in [0.2, 0.25) is 5.02 Å². The maximum atomic E-state index is 12.5. The lowest BCUT2D eigenvalue weighted by atomic mass is 10.0. The Morgan fingerprint density at radius 2 is 1.90 bits per heavy atom. The number of imide groups is 1. The van der Waals surface area contributed by atoms with Crippen molar-refractivity contribution >= 4 is 29.1 Å². The molecule has 1 aromatic rings. The van der Waals surface area contributed by atoms with Crippen LogP contribution in [0.3, 0.4) is 0 Å². The molecule has 5 heteroatoms. The Kier molecular flexibility index (Phi) is 3.09. The first-order valence-electron chi connectivity index (χ1n) is 6.76. The van der Waals surface area contributed by atoms with E-state index in [1.807, 2.05) is 13.8 Å². The fraction of sp³-hybridized carbons (Fsp3) is 0.375. The summed E-state index contributed by atoms with van der Waals surface area (Å²) in [6, 6.07) is 4.96. The van der Waals surface area contributed by atoms with Crippen LogP contribution in [0, 0.1) is 29.1 Å². The predicted octanol–water partition coefficient (Wildman–Crippen LogP) is 1.80. The van der Waals surface area contributed by atoms with E-state index in [9.17, 15) is 9.59 Å². The summed E-state index contributed by atoms with van der Waals surface area (Å²) < 4.78 is 0. The Morgan fingerprint density at radius 1 is 1.29 bits per heavy atom. The molecule has 3 rings (SSSR count). The number of piperidine rings is 1. The topological polar surface area (TPSA) is 63.4 Å². The van der Waals surface area contributed by atoms with Gasteiger partial charge >= 0.3 is 0 Å². The summed E-state index contributed by atoms with van der Waals surface area (Å²) >= 11 is 5.97. The molecule has 1 aliphatic carbocycles. The van der Waals surface area contributed by atoms with E-state index < -0.39 is 0 Å².